The van der Waals surface area contributed by atoms with Gasteiger partial charge in [-0.15, -0.1) is 0 Å². The first-order valence-corrected chi connectivity index (χ1v) is 8.75. The van der Waals surface area contributed by atoms with Crippen LogP contribution in [0.2, 0.25) is 0 Å². The maximum absolute atomic E-state index is 12.1. The molecule has 1 aliphatic heterocycles. The predicted molar refractivity (Wildman–Crippen MR) is 98.3 cm³/mol. The Hall–Kier alpha value is -2.39. The second kappa shape index (κ2) is 8.13. The van der Waals surface area contributed by atoms with Gasteiger partial charge in [-0.1, -0.05) is 18.3 Å². The van der Waals surface area contributed by atoms with Crippen LogP contribution < -0.4 is 4.74 Å². The van der Waals surface area contributed by atoms with Gasteiger partial charge in [0.05, 0.1) is 30.9 Å². The minimum atomic E-state index is -0.527. The molecule has 1 heterocycles. The molecule has 0 N–H and O–H groups in total. The van der Waals surface area contributed by atoms with Crippen molar-refractivity contribution in [3.8, 4) is 11.8 Å². The SMILES string of the molecule is C=C(S/C(=C\C)OC(C)C)c1cc(C#N)c(C(=O)OC)c2c1OCC2. The molecule has 1 aromatic carbocycles. The standard InChI is InChI=1S/C19H21NO4S/c1-6-16(24-11(2)3)25-12(4)15-9-13(10-20)17(19(21)22-5)14-7-8-23-18(14)15/h6,9,11H,4,7-8H2,1-3,5H3/b16-6-. The van der Waals surface area contributed by atoms with Crippen molar-refractivity contribution in [1.82, 2.24) is 0 Å². The smallest absolute Gasteiger partial charge is 0.339 e. The molecule has 5 nitrogen and oxygen atoms in total. The Kier molecular flexibility index (Phi) is 6.16. The minimum Gasteiger partial charge on any atom is -0.492 e. The highest BCUT2D eigenvalue weighted by Gasteiger charge is 2.29. The van der Waals surface area contributed by atoms with Crippen LogP contribution in [0.25, 0.3) is 4.91 Å². The Morgan fingerprint density at radius 1 is 1.52 bits per heavy atom. The zero-order chi connectivity index (χ0) is 18.6. The fourth-order valence-electron chi connectivity index (χ4n) is 2.57. The molecule has 0 saturated heterocycles. The number of hydrogen-bond donors (Lipinski definition) is 0. The van der Waals surface area contributed by atoms with E-state index in [2.05, 4.69) is 12.6 Å². The number of benzene rings is 1. The number of carbonyl (C=O) groups is 1. The Morgan fingerprint density at radius 2 is 2.24 bits per heavy atom. The number of fused-ring (bicyclic) bond motifs is 1. The van der Waals surface area contributed by atoms with Crippen molar-refractivity contribution in [3.05, 3.63) is 46.1 Å². The maximum atomic E-state index is 12.1. The number of ether oxygens (including phenoxy) is 3. The van der Waals surface area contributed by atoms with Crippen molar-refractivity contribution in [2.45, 2.75) is 33.3 Å². The van der Waals surface area contributed by atoms with Crippen molar-refractivity contribution in [3.63, 3.8) is 0 Å². The van der Waals surface area contributed by atoms with Crippen LogP contribution in [0.4, 0.5) is 0 Å². The number of carbonyl (C=O) groups excluding carboxylic acids is 1. The molecular formula is C19H21NO4S. The Morgan fingerprint density at radius 3 is 2.80 bits per heavy atom. The minimum absolute atomic E-state index is 0.0461. The lowest BCUT2D eigenvalue weighted by Gasteiger charge is -2.17. The summed E-state index contributed by atoms with van der Waals surface area (Å²) < 4.78 is 16.3. The molecular weight excluding hydrogens is 338 g/mol. The molecule has 0 aromatic heterocycles. The van der Waals surface area contributed by atoms with Gasteiger partial charge >= 0.3 is 5.97 Å². The van der Waals surface area contributed by atoms with Crippen molar-refractivity contribution < 1.29 is 19.0 Å². The van der Waals surface area contributed by atoms with Gasteiger partial charge in [-0.05, 0) is 32.9 Å². The normalized spacial score (nSPS) is 13.0. The highest BCUT2D eigenvalue weighted by molar-refractivity contribution is 8.11. The summed E-state index contributed by atoms with van der Waals surface area (Å²) in [6, 6.07) is 3.72. The van der Waals surface area contributed by atoms with E-state index in [-0.39, 0.29) is 17.2 Å². The van der Waals surface area contributed by atoms with Crippen molar-refractivity contribution in [2.24, 2.45) is 0 Å². The first-order valence-electron chi connectivity index (χ1n) is 7.94. The van der Waals surface area contributed by atoms with Crippen LogP contribution in [-0.2, 0) is 15.9 Å². The topological polar surface area (TPSA) is 68.5 Å². The summed E-state index contributed by atoms with van der Waals surface area (Å²) >= 11 is 1.37. The lowest BCUT2D eigenvalue weighted by Crippen LogP contribution is -2.08. The fraction of sp³-hybridized carbons (Fsp3) is 0.368. The van der Waals surface area contributed by atoms with Crippen molar-refractivity contribution in [1.29, 1.82) is 5.26 Å². The van der Waals surface area contributed by atoms with Gasteiger partial charge in [-0.25, -0.2) is 4.79 Å². The molecule has 6 heteroatoms. The number of nitrogens with zero attached hydrogens (tertiary/aromatic N) is 1. The number of methoxy groups -OCH3 is 1. The summed E-state index contributed by atoms with van der Waals surface area (Å²) in [5.74, 6) is 0.0669. The first kappa shape index (κ1) is 18.9. The third-order valence-electron chi connectivity index (χ3n) is 3.60. The van der Waals surface area contributed by atoms with E-state index in [0.717, 1.165) is 5.09 Å². The summed E-state index contributed by atoms with van der Waals surface area (Å²) in [5, 5.41) is 10.2. The largest absolute Gasteiger partial charge is 0.492 e. The van der Waals surface area contributed by atoms with Crippen LogP contribution >= 0.6 is 11.8 Å². The second-order valence-corrected chi connectivity index (χ2v) is 6.76. The van der Waals surface area contributed by atoms with E-state index in [1.165, 1.54) is 18.9 Å². The quantitative estimate of drug-likeness (QED) is 0.558. The molecule has 0 bridgehead atoms. The highest BCUT2D eigenvalue weighted by Crippen LogP contribution is 2.43. The zero-order valence-electron chi connectivity index (χ0n) is 14.8. The lowest BCUT2D eigenvalue weighted by atomic mass is 9.96. The van der Waals surface area contributed by atoms with E-state index in [1.54, 1.807) is 6.07 Å². The van der Waals surface area contributed by atoms with Gasteiger partial charge in [0, 0.05) is 22.5 Å². The van der Waals surface area contributed by atoms with Crippen LogP contribution in [0.5, 0.6) is 5.75 Å². The van der Waals surface area contributed by atoms with Gasteiger partial charge in [-0.2, -0.15) is 5.26 Å². The van der Waals surface area contributed by atoms with E-state index in [1.807, 2.05) is 26.8 Å². The van der Waals surface area contributed by atoms with Crippen LogP contribution in [0.3, 0.4) is 0 Å². The van der Waals surface area contributed by atoms with Gasteiger partial charge < -0.3 is 14.2 Å². The molecule has 1 aromatic rings. The number of nitriles is 1. The zero-order valence-corrected chi connectivity index (χ0v) is 15.7. The van der Waals surface area contributed by atoms with Crippen LogP contribution in [0.1, 0.15) is 47.8 Å². The van der Waals surface area contributed by atoms with E-state index in [9.17, 15) is 10.1 Å². The number of thioether (sulfide) groups is 1. The molecule has 0 amide bonds. The Balaban J connectivity index is 2.46. The molecule has 0 aliphatic carbocycles. The van der Waals surface area contributed by atoms with Gasteiger partial charge in [0.15, 0.2) is 5.09 Å². The predicted octanol–water partition coefficient (Wildman–Crippen LogP) is 4.27. The summed E-state index contributed by atoms with van der Waals surface area (Å²) in [6.07, 6.45) is 2.47. The van der Waals surface area contributed by atoms with E-state index < -0.39 is 5.97 Å². The monoisotopic (exact) mass is 359 g/mol. The van der Waals surface area contributed by atoms with Gasteiger partial charge in [0.2, 0.25) is 0 Å². The third-order valence-corrected chi connectivity index (χ3v) is 4.60. The van der Waals surface area contributed by atoms with Crippen LogP contribution in [-0.4, -0.2) is 25.8 Å². The van der Waals surface area contributed by atoms with Crippen LogP contribution in [0.15, 0.2) is 23.8 Å². The second-order valence-electron chi connectivity index (χ2n) is 5.66. The Labute approximate surface area is 152 Å². The molecule has 0 fully saturated rings. The molecule has 0 saturated carbocycles. The summed E-state index contributed by atoms with van der Waals surface area (Å²) in [4.78, 5) is 12.8. The van der Waals surface area contributed by atoms with Crippen molar-refractivity contribution in [2.75, 3.05) is 13.7 Å². The highest BCUT2D eigenvalue weighted by atomic mass is 32.2. The molecule has 0 unspecified atom stereocenters. The van der Waals surface area contributed by atoms with Gasteiger partial charge in [-0.3, -0.25) is 0 Å². The molecule has 132 valence electrons. The molecule has 0 atom stereocenters. The molecule has 0 spiro atoms. The van der Waals surface area contributed by atoms with Gasteiger partial charge in [0.1, 0.15) is 11.8 Å². The average Bonchev–Trinajstić information content (AvgIpc) is 3.07. The first-order chi connectivity index (χ1) is 11.9. The number of rotatable bonds is 6. The summed E-state index contributed by atoms with van der Waals surface area (Å²) in [6.45, 7) is 10.4. The lowest BCUT2D eigenvalue weighted by molar-refractivity contribution is 0.0599. The molecule has 0 radical (unpaired) electrons. The molecule has 25 heavy (non-hydrogen) atoms. The fourth-order valence-corrected chi connectivity index (χ4v) is 3.43. The summed E-state index contributed by atoms with van der Waals surface area (Å²) in [5.41, 5.74) is 1.95. The number of hydrogen-bond acceptors (Lipinski definition) is 6. The van der Waals surface area contributed by atoms with E-state index in [0.29, 0.717) is 34.8 Å². The van der Waals surface area contributed by atoms with E-state index in [4.69, 9.17) is 14.2 Å². The van der Waals surface area contributed by atoms with Crippen LogP contribution in [0, 0.1) is 11.3 Å². The third kappa shape index (κ3) is 3.99. The maximum Gasteiger partial charge on any atom is 0.339 e. The van der Waals surface area contributed by atoms with Crippen molar-refractivity contribution >= 4 is 22.6 Å². The van der Waals surface area contributed by atoms with Gasteiger partial charge in [0.25, 0.3) is 0 Å². The number of allylic oxidation sites excluding steroid dienone is 1. The average molecular weight is 359 g/mol. The molecule has 1 aliphatic rings. The van der Waals surface area contributed by atoms with E-state index >= 15 is 0 Å². The Bertz CT molecular complexity index is 775. The number of esters is 1. The molecule has 2 rings (SSSR count). The summed E-state index contributed by atoms with van der Waals surface area (Å²) in [7, 11) is 1.30.